The van der Waals surface area contributed by atoms with Gasteiger partial charge in [-0.15, -0.1) is 0 Å². The molecule has 0 amide bonds. The Kier molecular flexibility index (Phi) is 3.88. The predicted molar refractivity (Wildman–Crippen MR) is 62.2 cm³/mol. The molecule has 1 rings (SSSR count). The summed E-state index contributed by atoms with van der Waals surface area (Å²) in [6.07, 6.45) is 0.270. The number of hydrogen-bond donors (Lipinski definition) is 0. The number of rotatable bonds is 4. The normalized spacial score (nSPS) is 11.2. The van der Waals surface area contributed by atoms with Gasteiger partial charge in [-0.25, -0.2) is 0 Å². The standard InChI is InChI=1S/C10H9Cl2NO3/c1-2-10(11,12)9(14)7-3-5-8(6-4-7)13(15)16/h3-6H,2H2,1H3. The zero-order chi connectivity index (χ0) is 12.3. The van der Waals surface area contributed by atoms with Crippen LogP contribution in [0.25, 0.3) is 0 Å². The highest BCUT2D eigenvalue weighted by Gasteiger charge is 2.32. The van der Waals surface area contributed by atoms with Gasteiger partial charge >= 0.3 is 0 Å². The smallest absolute Gasteiger partial charge is 0.269 e. The van der Waals surface area contributed by atoms with E-state index in [0.29, 0.717) is 0 Å². The van der Waals surface area contributed by atoms with Gasteiger partial charge in [0.05, 0.1) is 4.92 Å². The molecular weight excluding hydrogens is 253 g/mol. The first-order chi connectivity index (χ1) is 7.38. The Bertz CT molecular complexity index is 415. The lowest BCUT2D eigenvalue weighted by molar-refractivity contribution is -0.384. The Morgan fingerprint density at radius 1 is 1.38 bits per heavy atom. The van der Waals surface area contributed by atoms with Crippen molar-refractivity contribution >= 4 is 34.7 Å². The van der Waals surface area contributed by atoms with Gasteiger partial charge in [0.1, 0.15) is 0 Å². The molecule has 4 nitrogen and oxygen atoms in total. The lowest BCUT2D eigenvalue weighted by Gasteiger charge is -2.15. The zero-order valence-electron chi connectivity index (χ0n) is 8.44. The van der Waals surface area contributed by atoms with Gasteiger partial charge in [0.15, 0.2) is 10.1 Å². The summed E-state index contributed by atoms with van der Waals surface area (Å²) in [6.45, 7) is 1.68. The van der Waals surface area contributed by atoms with Crippen molar-refractivity contribution in [1.29, 1.82) is 0 Å². The second-order valence-electron chi connectivity index (χ2n) is 3.19. The van der Waals surface area contributed by atoms with E-state index in [1.807, 2.05) is 0 Å². The number of carbonyl (C=O) groups is 1. The molecule has 0 aromatic heterocycles. The maximum atomic E-state index is 11.7. The van der Waals surface area contributed by atoms with E-state index in [-0.39, 0.29) is 17.7 Å². The van der Waals surface area contributed by atoms with E-state index >= 15 is 0 Å². The third kappa shape index (κ3) is 2.71. The molecule has 0 N–H and O–H groups in total. The van der Waals surface area contributed by atoms with Gasteiger partial charge in [-0.2, -0.15) is 0 Å². The molecule has 0 aliphatic rings. The summed E-state index contributed by atoms with van der Waals surface area (Å²) in [5, 5.41) is 10.4. The van der Waals surface area contributed by atoms with Crippen LogP contribution < -0.4 is 0 Å². The Hall–Kier alpha value is -1.13. The lowest BCUT2D eigenvalue weighted by Crippen LogP contribution is -2.24. The Morgan fingerprint density at radius 3 is 2.25 bits per heavy atom. The first-order valence-corrected chi connectivity index (χ1v) is 5.31. The Morgan fingerprint density at radius 2 is 1.88 bits per heavy atom. The van der Waals surface area contributed by atoms with Gasteiger partial charge in [-0.3, -0.25) is 14.9 Å². The molecule has 0 saturated heterocycles. The van der Waals surface area contributed by atoms with Gasteiger partial charge in [0, 0.05) is 17.7 Å². The minimum atomic E-state index is -1.48. The number of nitro benzene ring substituents is 1. The molecule has 0 unspecified atom stereocenters. The van der Waals surface area contributed by atoms with E-state index in [9.17, 15) is 14.9 Å². The van der Waals surface area contributed by atoms with Crippen molar-refractivity contribution in [2.24, 2.45) is 0 Å². The van der Waals surface area contributed by atoms with Crippen molar-refractivity contribution < 1.29 is 9.72 Å². The van der Waals surface area contributed by atoms with Crippen LogP contribution in [0.5, 0.6) is 0 Å². The van der Waals surface area contributed by atoms with Crippen LogP contribution in [0, 0.1) is 10.1 Å². The SMILES string of the molecule is CCC(Cl)(Cl)C(=O)c1ccc([N+](=O)[O-])cc1. The van der Waals surface area contributed by atoms with Crippen LogP contribution in [0.4, 0.5) is 5.69 Å². The van der Waals surface area contributed by atoms with Crippen molar-refractivity contribution in [1.82, 2.24) is 0 Å². The predicted octanol–water partition coefficient (Wildman–Crippen LogP) is 3.36. The van der Waals surface area contributed by atoms with Gasteiger partial charge in [-0.05, 0) is 18.6 Å². The van der Waals surface area contributed by atoms with Crippen LogP contribution in [0.3, 0.4) is 0 Å². The molecule has 6 heteroatoms. The van der Waals surface area contributed by atoms with Crippen LogP contribution in [0.2, 0.25) is 0 Å². The summed E-state index contributed by atoms with van der Waals surface area (Å²) < 4.78 is -1.48. The molecule has 0 aliphatic heterocycles. The second-order valence-corrected chi connectivity index (χ2v) is 4.68. The number of alkyl halides is 2. The zero-order valence-corrected chi connectivity index (χ0v) is 9.96. The fourth-order valence-corrected chi connectivity index (χ4v) is 1.32. The van der Waals surface area contributed by atoms with Gasteiger partial charge < -0.3 is 0 Å². The topological polar surface area (TPSA) is 60.2 Å². The van der Waals surface area contributed by atoms with E-state index in [0.717, 1.165) is 0 Å². The summed E-state index contributed by atoms with van der Waals surface area (Å²) in [5.41, 5.74) is 0.181. The van der Waals surface area contributed by atoms with Crippen molar-refractivity contribution in [2.45, 2.75) is 17.7 Å². The first-order valence-electron chi connectivity index (χ1n) is 4.55. The number of non-ortho nitro benzene ring substituents is 1. The van der Waals surface area contributed by atoms with Crippen LogP contribution in [0.15, 0.2) is 24.3 Å². The molecule has 1 aromatic rings. The maximum Gasteiger partial charge on any atom is 0.269 e. The molecule has 86 valence electrons. The summed E-state index contributed by atoms with van der Waals surface area (Å²) in [6, 6.07) is 5.17. The van der Waals surface area contributed by atoms with Crippen LogP contribution in [-0.4, -0.2) is 15.0 Å². The third-order valence-corrected chi connectivity index (χ3v) is 2.99. The first kappa shape index (κ1) is 12.9. The summed E-state index contributed by atoms with van der Waals surface area (Å²) in [5.74, 6) is -0.451. The van der Waals surface area contributed by atoms with E-state index in [2.05, 4.69) is 0 Å². The summed E-state index contributed by atoms with van der Waals surface area (Å²) in [7, 11) is 0. The van der Waals surface area contributed by atoms with Crippen molar-refractivity contribution in [3.63, 3.8) is 0 Å². The number of hydrogen-bond acceptors (Lipinski definition) is 3. The van der Waals surface area contributed by atoms with Crippen molar-refractivity contribution in [2.75, 3.05) is 0 Å². The molecule has 0 spiro atoms. The molecule has 1 aromatic carbocycles. The molecule has 0 fully saturated rings. The minimum Gasteiger partial charge on any atom is -0.291 e. The minimum absolute atomic E-state index is 0.0807. The largest absolute Gasteiger partial charge is 0.291 e. The number of nitro groups is 1. The monoisotopic (exact) mass is 261 g/mol. The highest BCUT2D eigenvalue weighted by molar-refractivity contribution is 6.59. The number of nitrogens with zero attached hydrogens (tertiary/aromatic N) is 1. The maximum absolute atomic E-state index is 11.7. The average Bonchev–Trinajstić information content (AvgIpc) is 2.28. The molecule has 16 heavy (non-hydrogen) atoms. The molecule has 0 heterocycles. The Balaban J connectivity index is 2.99. The number of benzene rings is 1. The number of Topliss-reactive ketones (excluding diaryl/α,β-unsaturated/α-hetero) is 1. The second kappa shape index (κ2) is 4.80. The van der Waals surface area contributed by atoms with Crippen LogP contribution in [-0.2, 0) is 0 Å². The fraction of sp³-hybridized carbons (Fsp3) is 0.300. The van der Waals surface area contributed by atoms with Crippen molar-refractivity contribution in [3.8, 4) is 0 Å². The van der Waals surface area contributed by atoms with Gasteiger partial charge in [-0.1, -0.05) is 30.1 Å². The summed E-state index contributed by atoms with van der Waals surface area (Å²) >= 11 is 11.6. The molecular formula is C10H9Cl2NO3. The average molecular weight is 262 g/mol. The van der Waals surface area contributed by atoms with Crippen molar-refractivity contribution in [3.05, 3.63) is 39.9 Å². The van der Waals surface area contributed by atoms with E-state index in [1.54, 1.807) is 6.92 Å². The molecule has 0 atom stereocenters. The molecule has 0 radical (unpaired) electrons. The summed E-state index contributed by atoms with van der Waals surface area (Å²) in [4.78, 5) is 21.6. The number of carbonyl (C=O) groups excluding carboxylic acids is 1. The van der Waals surface area contributed by atoms with E-state index < -0.39 is 15.0 Å². The molecule has 0 saturated carbocycles. The fourth-order valence-electron chi connectivity index (χ4n) is 1.11. The van der Waals surface area contributed by atoms with Crippen LogP contribution >= 0.6 is 23.2 Å². The van der Waals surface area contributed by atoms with Gasteiger partial charge in [0.2, 0.25) is 0 Å². The number of ketones is 1. The van der Waals surface area contributed by atoms with Crippen LogP contribution in [0.1, 0.15) is 23.7 Å². The quantitative estimate of drug-likeness (QED) is 0.361. The van der Waals surface area contributed by atoms with E-state index in [4.69, 9.17) is 23.2 Å². The molecule has 0 bridgehead atoms. The Labute approximate surface area is 102 Å². The van der Waals surface area contributed by atoms with E-state index in [1.165, 1.54) is 24.3 Å². The number of halogens is 2. The van der Waals surface area contributed by atoms with Gasteiger partial charge in [0.25, 0.3) is 5.69 Å². The third-order valence-electron chi connectivity index (χ3n) is 2.12. The molecule has 0 aliphatic carbocycles. The highest BCUT2D eigenvalue weighted by atomic mass is 35.5. The lowest BCUT2D eigenvalue weighted by atomic mass is 10.1. The highest BCUT2D eigenvalue weighted by Crippen LogP contribution is 2.29.